The topological polar surface area (TPSA) is 0 Å². The Morgan fingerprint density at radius 2 is 0.562 bits per heavy atom. The first-order valence-electron chi connectivity index (χ1n) is 8.43. The zero-order valence-corrected chi connectivity index (χ0v) is 28.0. The fraction of sp³-hybridized carbons (Fsp3) is 0.0526. The van der Waals surface area contributed by atoms with Gasteiger partial charge in [-0.1, -0.05) is 0 Å². The van der Waals surface area contributed by atoms with Gasteiger partial charge in [0.25, 0.3) is 0 Å². The van der Waals surface area contributed by atoms with Gasteiger partial charge in [-0.3, -0.25) is 0 Å². The first-order valence-corrected chi connectivity index (χ1v) is 23.1. The molecule has 3 rings (SSSR count). The van der Waals surface area contributed by atoms with Gasteiger partial charge in [0.2, 0.25) is 0 Å². The van der Waals surface area contributed by atoms with Crippen LogP contribution in [0.3, 0.4) is 0 Å². The molecule has 6 radical (unpaired) electrons. The molecular weight excluding hydrogens is 704 g/mol. The number of benzene rings is 3. The van der Waals surface area contributed by atoms with E-state index in [9.17, 15) is 0 Å². The molecule has 0 aromatic heterocycles. The molecular formula is C19H15Cl9GeSi3. The van der Waals surface area contributed by atoms with Gasteiger partial charge < -0.3 is 0 Å². The minimum atomic E-state index is -1.46. The average Bonchev–Trinajstić information content (AvgIpc) is 2.74. The van der Waals surface area contributed by atoms with Crippen LogP contribution >= 0.6 is 99.7 Å². The Balaban J connectivity index is 0.000000668. The second-order valence-electron chi connectivity index (χ2n) is 5.49. The molecule has 32 heavy (non-hydrogen) atoms. The van der Waals surface area contributed by atoms with Gasteiger partial charge in [0, 0.05) is 0 Å². The Bertz CT molecular complexity index is 710. The van der Waals surface area contributed by atoms with E-state index in [0.29, 0.717) is 0 Å². The molecule has 0 heterocycles. The Kier molecular flexibility index (Phi) is 20.5. The first-order chi connectivity index (χ1) is 15.0. The van der Waals surface area contributed by atoms with Crippen molar-refractivity contribution in [3.8, 4) is 0 Å². The van der Waals surface area contributed by atoms with Crippen LogP contribution in [0.2, 0.25) is 0 Å². The van der Waals surface area contributed by atoms with E-state index in [-0.39, 0.29) is 4.25 Å². The van der Waals surface area contributed by atoms with Crippen LogP contribution in [-0.4, -0.2) is 36.7 Å². The molecule has 0 spiro atoms. The van der Waals surface area contributed by atoms with Crippen LogP contribution in [0.5, 0.6) is 0 Å². The Morgan fingerprint density at radius 1 is 0.406 bits per heavy atom. The second-order valence-corrected chi connectivity index (χ2v) is 23.8. The summed E-state index contributed by atoms with van der Waals surface area (Å²) in [5.74, 6) is 0. The molecule has 0 amide bonds. The summed E-state index contributed by atoms with van der Waals surface area (Å²) >= 11 is 46.5. The van der Waals surface area contributed by atoms with Crippen molar-refractivity contribution in [2.45, 2.75) is 4.25 Å². The van der Waals surface area contributed by atoms with E-state index in [4.69, 9.17) is 99.7 Å². The van der Waals surface area contributed by atoms with Gasteiger partial charge in [0.05, 0.1) is 0 Å². The maximum atomic E-state index is 4.91. The summed E-state index contributed by atoms with van der Waals surface area (Å²) in [6.45, 7) is -4.39. The standard InChI is InChI=1S/C19H15Ge.3Cl3Si/c20-19(16-10-4-1-5-11-16,17-12-6-2-7-13-17)18-14-8-3-9-15-18;3*1-4(2)3/h1-15H;;;. The summed E-state index contributed by atoms with van der Waals surface area (Å²) in [7, 11) is 0. The molecule has 3 aromatic carbocycles. The molecule has 0 aliphatic heterocycles. The fourth-order valence-electron chi connectivity index (χ4n) is 2.56. The molecule has 170 valence electrons. The van der Waals surface area contributed by atoms with Gasteiger partial charge in [-0.25, -0.2) is 0 Å². The number of hydrogen-bond acceptors (Lipinski definition) is 0. The van der Waals surface area contributed by atoms with Gasteiger partial charge in [-0.2, -0.15) is 0 Å². The van der Waals surface area contributed by atoms with E-state index < -0.39 is 20.2 Å². The van der Waals surface area contributed by atoms with Crippen LogP contribution in [0.4, 0.5) is 0 Å². The Morgan fingerprint density at radius 3 is 0.719 bits per heavy atom. The number of rotatable bonds is 3. The molecule has 0 bridgehead atoms. The molecule has 0 nitrogen and oxygen atoms in total. The third kappa shape index (κ3) is 15.5. The van der Waals surface area contributed by atoms with Crippen molar-refractivity contribution in [2.24, 2.45) is 0 Å². The maximum absolute atomic E-state index is 4.91. The predicted octanol–water partition coefficient (Wildman–Crippen LogP) is 9.21. The molecule has 0 fully saturated rings. The Labute approximate surface area is 245 Å². The molecule has 0 unspecified atom stereocenters. The van der Waals surface area contributed by atoms with E-state index >= 15 is 0 Å². The fourth-order valence-corrected chi connectivity index (χ4v) is 3.61. The second kappa shape index (κ2) is 19.6. The number of hydrogen-bond donors (Lipinski definition) is 0. The molecule has 0 aliphatic rings. The minimum absolute atomic E-state index is 0.121. The van der Waals surface area contributed by atoms with Crippen LogP contribution in [-0.2, 0) is 4.25 Å². The summed E-state index contributed by atoms with van der Waals surface area (Å²) in [6.07, 6.45) is 0. The van der Waals surface area contributed by atoms with Crippen LogP contribution in [0.15, 0.2) is 91.0 Å². The van der Waals surface area contributed by atoms with E-state index in [1.165, 1.54) is 16.7 Å². The SMILES string of the molecule is Cl[Si](Cl)Cl.Cl[Si](Cl)Cl.Cl[Si](Cl)Cl.[Ge][C](c1ccccc1)(c1ccccc1)c1ccccc1. The van der Waals surface area contributed by atoms with Gasteiger partial charge >= 0.3 is 149 Å². The van der Waals surface area contributed by atoms with Crippen molar-refractivity contribution in [1.82, 2.24) is 0 Å². The third-order valence-electron chi connectivity index (χ3n) is 3.62. The van der Waals surface area contributed by atoms with E-state index in [1.54, 1.807) is 0 Å². The Hall–Kier alpha value is 1.46. The summed E-state index contributed by atoms with van der Waals surface area (Å²) in [6, 6.07) is 32.1. The van der Waals surface area contributed by atoms with Crippen molar-refractivity contribution >= 4 is 136 Å². The van der Waals surface area contributed by atoms with Crippen molar-refractivity contribution in [3.63, 3.8) is 0 Å². The first kappa shape index (κ1) is 33.5. The van der Waals surface area contributed by atoms with E-state index in [2.05, 4.69) is 108 Å². The van der Waals surface area contributed by atoms with E-state index in [0.717, 1.165) is 0 Å². The summed E-state index contributed by atoms with van der Waals surface area (Å²) in [5, 5.41) is 0. The van der Waals surface area contributed by atoms with E-state index in [1.807, 2.05) is 0 Å². The molecule has 0 saturated heterocycles. The average molecular weight is 719 g/mol. The van der Waals surface area contributed by atoms with Crippen LogP contribution < -0.4 is 0 Å². The summed E-state index contributed by atoms with van der Waals surface area (Å²) in [5.41, 5.74) is 3.95. The predicted molar refractivity (Wildman–Crippen MR) is 155 cm³/mol. The monoisotopic (exact) mass is 716 g/mol. The van der Waals surface area contributed by atoms with Crippen molar-refractivity contribution in [3.05, 3.63) is 108 Å². The zero-order chi connectivity index (χ0) is 24.6. The van der Waals surface area contributed by atoms with Gasteiger partial charge in [-0.05, 0) is 0 Å². The van der Waals surface area contributed by atoms with Gasteiger partial charge in [0.15, 0.2) is 0 Å². The number of halogens is 9. The summed E-state index contributed by atoms with van der Waals surface area (Å²) in [4.78, 5) is 0. The van der Waals surface area contributed by atoms with Gasteiger partial charge in [-0.15, -0.1) is 99.7 Å². The molecule has 13 heteroatoms. The van der Waals surface area contributed by atoms with Crippen molar-refractivity contribution in [2.75, 3.05) is 0 Å². The quantitative estimate of drug-likeness (QED) is 0.144. The van der Waals surface area contributed by atoms with Crippen molar-refractivity contribution in [1.29, 1.82) is 0 Å². The zero-order valence-electron chi connectivity index (χ0n) is 16.1. The van der Waals surface area contributed by atoms with Crippen molar-refractivity contribution < 1.29 is 0 Å². The third-order valence-corrected chi connectivity index (χ3v) is 5.44. The summed E-state index contributed by atoms with van der Waals surface area (Å²) < 4.78 is -0.121. The molecule has 3 aromatic rings. The van der Waals surface area contributed by atoms with Crippen LogP contribution in [0, 0.1) is 0 Å². The van der Waals surface area contributed by atoms with Crippen LogP contribution in [0.25, 0.3) is 0 Å². The molecule has 0 atom stereocenters. The molecule has 0 aliphatic carbocycles. The van der Waals surface area contributed by atoms with Gasteiger partial charge in [0.1, 0.15) is 0 Å². The molecule has 0 saturated carbocycles. The molecule has 0 N–H and O–H groups in total. The van der Waals surface area contributed by atoms with Crippen LogP contribution in [0.1, 0.15) is 16.7 Å². The normalized spacial score (nSPS) is 10.4.